The number of hydrogen-bond acceptors (Lipinski definition) is 5. The van der Waals surface area contributed by atoms with Gasteiger partial charge in [0.1, 0.15) is 12.1 Å². The number of aryl methyl sites for hydroxylation is 1. The van der Waals surface area contributed by atoms with Gasteiger partial charge in [0.25, 0.3) is 5.78 Å². The minimum atomic E-state index is 0.719. The van der Waals surface area contributed by atoms with Crippen LogP contribution in [0.2, 0.25) is 0 Å². The number of piperidine rings is 2. The summed E-state index contributed by atoms with van der Waals surface area (Å²) in [7, 11) is 0. The molecule has 2 fully saturated rings. The molecule has 6 nitrogen and oxygen atoms in total. The Hall–Kier alpha value is -1.69. The monoisotopic (exact) mass is 328 g/mol. The van der Waals surface area contributed by atoms with Crippen molar-refractivity contribution in [2.24, 2.45) is 5.92 Å². The van der Waals surface area contributed by atoms with Gasteiger partial charge in [-0.05, 0) is 44.6 Å². The summed E-state index contributed by atoms with van der Waals surface area (Å²) in [6, 6.07) is 2.94. The van der Waals surface area contributed by atoms with Gasteiger partial charge >= 0.3 is 0 Å². The molecule has 2 aliphatic rings. The van der Waals surface area contributed by atoms with Gasteiger partial charge in [-0.1, -0.05) is 13.8 Å². The summed E-state index contributed by atoms with van der Waals surface area (Å²) in [5.41, 5.74) is 1.09. The Bertz CT molecular complexity index is 688. The zero-order valence-electron chi connectivity index (χ0n) is 14.9. The van der Waals surface area contributed by atoms with Crippen molar-refractivity contribution in [2.75, 3.05) is 31.1 Å². The van der Waals surface area contributed by atoms with Crippen LogP contribution in [0.1, 0.15) is 45.2 Å². The van der Waals surface area contributed by atoms with Crippen LogP contribution < -0.4 is 4.90 Å². The van der Waals surface area contributed by atoms with Gasteiger partial charge in [-0.3, -0.25) is 4.90 Å². The standard InChI is InChI=1S/C18H28N6/c1-3-15-11-17(24-18(21-15)19-13-20-24)22-9-6-16(7-10-22)23-8-4-5-14(2)12-23/h11,13-14,16H,3-10,12H2,1-2H3/t14-/m1/s1. The largest absolute Gasteiger partial charge is 0.356 e. The van der Waals surface area contributed by atoms with Gasteiger partial charge < -0.3 is 4.90 Å². The van der Waals surface area contributed by atoms with Crippen LogP contribution in [0.3, 0.4) is 0 Å². The summed E-state index contributed by atoms with van der Waals surface area (Å²) >= 11 is 0. The highest BCUT2D eigenvalue weighted by atomic mass is 15.4. The molecule has 0 bridgehead atoms. The number of nitrogens with zero attached hydrogens (tertiary/aromatic N) is 6. The van der Waals surface area contributed by atoms with Crippen LogP contribution in [0.15, 0.2) is 12.4 Å². The fourth-order valence-corrected chi connectivity index (χ4v) is 4.27. The number of fused-ring (bicyclic) bond motifs is 1. The van der Waals surface area contributed by atoms with Gasteiger partial charge in [0.15, 0.2) is 0 Å². The Morgan fingerprint density at radius 2 is 2.00 bits per heavy atom. The second kappa shape index (κ2) is 6.67. The maximum absolute atomic E-state index is 4.56. The number of anilines is 1. The van der Waals surface area contributed by atoms with Gasteiger partial charge in [-0.15, -0.1) is 0 Å². The summed E-state index contributed by atoms with van der Waals surface area (Å²) in [6.45, 7) is 9.30. The quantitative estimate of drug-likeness (QED) is 0.866. The minimum absolute atomic E-state index is 0.719. The molecule has 0 amide bonds. The van der Waals surface area contributed by atoms with Crippen LogP contribution in [0.5, 0.6) is 0 Å². The molecule has 2 aliphatic heterocycles. The first-order valence-electron chi connectivity index (χ1n) is 9.43. The average molecular weight is 328 g/mol. The number of hydrogen-bond donors (Lipinski definition) is 0. The summed E-state index contributed by atoms with van der Waals surface area (Å²) in [5.74, 6) is 2.73. The lowest BCUT2D eigenvalue weighted by molar-refractivity contribution is 0.112. The second-order valence-corrected chi connectivity index (χ2v) is 7.39. The molecule has 0 aromatic carbocycles. The Morgan fingerprint density at radius 3 is 2.75 bits per heavy atom. The maximum atomic E-state index is 4.56. The first-order chi connectivity index (χ1) is 11.7. The first-order valence-corrected chi connectivity index (χ1v) is 9.43. The molecule has 4 rings (SSSR count). The average Bonchev–Trinajstić information content (AvgIpc) is 3.09. The summed E-state index contributed by atoms with van der Waals surface area (Å²) in [5, 5.41) is 4.38. The van der Waals surface area contributed by atoms with Gasteiger partial charge in [-0.2, -0.15) is 14.6 Å². The van der Waals surface area contributed by atoms with E-state index < -0.39 is 0 Å². The molecular formula is C18H28N6. The van der Waals surface area contributed by atoms with Crippen LogP contribution >= 0.6 is 0 Å². The molecule has 2 aromatic heterocycles. The van der Waals surface area contributed by atoms with E-state index in [1.54, 1.807) is 6.33 Å². The van der Waals surface area contributed by atoms with Crippen molar-refractivity contribution >= 4 is 11.6 Å². The fraction of sp³-hybridized carbons (Fsp3) is 0.722. The molecule has 6 heteroatoms. The SMILES string of the molecule is CCc1cc(N2CCC(N3CCC[C@@H](C)C3)CC2)n2ncnc2n1. The molecule has 1 atom stereocenters. The summed E-state index contributed by atoms with van der Waals surface area (Å²) in [6.07, 6.45) is 7.78. The van der Waals surface area contributed by atoms with Crippen LogP contribution in [-0.2, 0) is 6.42 Å². The Morgan fingerprint density at radius 1 is 1.17 bits per heavy atom. The number of likely N-dealkylation sites (tertiary alicyclic amines) is 1. The fourth-order valence-electron chi connectivity index (χ4n) is 4.27. The highest BCUT2D eigenvalue weighted by Gasteiger charge is 2.28. The molecule has 0 spiro atoms. The van der Waals surface area contributed by atoms with E-state index in [2.05, 4.69) is 44.8 Å². The molecule has 24 heavy (non-hydrogen) atoms. The molecule has 4 heterocycles. The van der Waals surface area contributed by atoms with E-state index in [1.165, 1.54) is 38.8 Å². The summed E-state index contributed by atoms with van der Waals surface area (Å²) in [4.78, 5) is 14.0. The van der Waals surface area contributed by atoms with E-state index in [0.717, 1.165) is 48.8 Å². The van der Waals surface area contributed by atoms with Gasteiger partial charge in [0.05, 0.1) is 0 Å². The number of aromatic nitrogens is 4. The molecule has 0 N–H and O–H groups in total. The van der Waals surface area contributed by atoms with Crippen molar-refractivity contribution in [3.05, 3.63) is 18.1 Å². The van der Waals surface area contributed by atoms with Crippen molar-refractivity contribution in [3.63, 3.8) is 0 Å². The number of rotatable bonds is 3. The predicted octanol–water partition coefficient (Wildman–Crippen LogP) is 2.39. The highest BCUT2D eigenvalue weighted by Crippen LogP contribution is 2.26. The van der Waals surface area contributed by atoms with E-state index in [1.807, 2.05) is 4.52 Å². The van der Waals surface area contributed by atoms with Crippen LogP contribution in [0, 0.1) is 5.92 Å². The Kier molecular flexibility index (Phi) is 4.39. The van der Waals surface area contributed by atoms with Crippen LogP contribution in [-0.4, -0.2) is 56.7 Å². The zero-order valence-corrected chi connectivity index (χ0v) is 14.9. The third-order valence-corrected chi connectivity index (χ3v) is 5.64. The van der Waals surface area contributed by atoms with Crippen LogP contribution in [0.4, 0.5) is 5.82 Å². The Labute approximate surface area is 143 Å². The second-order valence-electron chi connectivity index (χ2n) is 7.39. The smallest absolute Gasteiger partial charge is 0.254 e. The molecule has 2 aromatic rings. The summed E-state index contributed by atoms with van der Waals surface area (Å²) < 4.78 is 1.89. The van der Waals surface area contributed by atoms with Crippen LogP contribution in [0.25, 0.3) is 5.78 Å². The van der Waals surface area contributed by atoms with E-state index in [4.69, 9.17) is 0 Å². The van der Waals surface area contributed by atoms with Crippen molar-refractivity contribution < 1.29 is 0 Å². The molecule has 0 radical (unpaired) electrons. The third-order valence-electron chi connectivity index (χ3n) is 5.64. The van der Waals surface area contributed by atoms with Gasteiger partial charge in [-0.25, -0.2) is 4.98 Å². The molecule has 0 saturated carbocycles. The topological polar surface area (TPSA) is 49.6 Å². The van der Waals surface area contributed by atoms with E-state index in [9.17, 15) is 0 Å². The predicted molar refractivity (Wildman–Crippen MR) is 95.4 cm³/mol. The third kappa shape index (κ3) is 2.99. The lowest BCUT2D eigenvalue weighted by Gasteiger charge is -2.42. The Balaban J connectivity index is 1.49. The van der Waals surface area contributed by atoms with Crippen molar-refractivity contribution in [3.8, 4) is 0 Å². The molecule has 2 saturated heterocycles. The lowest BCUT2D eigenvalue weighted by Crippen LogP contribution is -2.48. The van der Waals surface area contributed by atoms with Crippen molar-refractivity contribution in [1.29, 1.82) is 0 Å². The minimum Gasteiger partial charge on any atom is -0.356 e. The van der Waals surface area contributed by atoms with Gasteiger partial charge in [0, 0.05) is 37.4 Å². The highest BCUT2D eigenvalue weighted by molar-refractivity contribution is 5.47. The van der Waals surface area contributed by atoms with Crippen molar-refractivity contribution in [1.82, 2.24) is 24.5 Å². The van der Waals surface area contributed by atoms with Gasteiger partial charge in [0.2, 0.25) is 0 Å². The first kappa shape index (κ1) is 15.8. The molecular weight excluding hydrogens is 300 g/mol. The zero-order chi connectivity index (χ0) is 16.5. The van der Waals surface area contributed by atoms with E-state index in [0.29, 0.717) is 0 Å². The molecule has 130 valence electrons. The molecule has 0 aliphatic carbocycles. The molecule has 0 unspecified atom stereocenters. The van der Waals surface area contributed by atoms with E-state index >= 15 is 0 Å². The lowest BCUT2D eigenvalue weighted by atomic mass is 9.95. The normalized spacial score (nSPS) is 23.9. The van der Waals surface area contributed by atoms with E-state index in [-0.39, 0.29) is 0 Å². The maximum Gasteiger partial charge on any atom is 0.254 e. The van der Waals surface area contributed by atoms with Crippen molar-refractivity contribution in [2.45, 2.75) is 52.0 Å².